The second-order valence-corrected chi connectivity index (χ2v) is 18.9. The van der Waals surface area contributed by atoms with Gasteiger partial charge in [-0.1, -0.05) is 137 Å². The van der Waals surface area contributed by atoms with Crippen LogP contribution in [0.5, 0.6) is 0 Å². The Morgan fingerprint density at radius 2 is 1.19 bits per heavy atom. The molecule has 0 amide bonds. The van der Waals surface area contributed by atoms with Gasteiger partial charge in [-0.05, 0) is 133 Å². The molecule has 3 aliphatic carbocycles. The molecule has 0 N–H and O–H groups in total. The zero-order valence-electron chi connectivity index (χ0n) is 30.9. The van der Waals surface area contributed by atoms with E-state index < -0.39 is 0 Å². The summed E-state index contributed by atoms with van der Waals surface area (Å²) < 4.78 is 2.72. The molecule has 4 aliphatic rings. The van der Waals surface area contributed by atoms with Crippen LogP contribution in [0.25, 0.3) is 81.0 Å². The van der Waals surface area contributed by atoms with Crippen LogP contribution >= 0.6 is 23.1 Å². The van der Waals surface area contributed by atoms with Gasteiger partial charge in [-0.2, -0.15) is 0 Å². The number of fused-ring (bicyclic) bond motifs is 11. The fourth-order valence-electron chi connectivity index (χ4n) is 10.4. The van der Waals surface area contributed by atoms with Gasteiger partial charge < -0.3 is 0 Å². The van der Waals surface area contributed by atoms with Crippen LogP contribution in [0.4, 0.5) is 0 Å². The Morgan fingerprint density at radius 3 is 2.04 bits per heavy atom. The van der Waals surface area contributed by atoms with Crippen LogP contribution in [0, 0.1) is 0 Å². The molecule has 0 fully saturated rings. The molecule has 1 aromatic heterocycles. The largest absolute Gasteiger partial charge is 0.135 e. The highest BCUT2D eigenvalue weighted by Gasteiger charge is 2.38. The minimum Gasteiger partial charge on any atom is -0.135 e. The minimum atomic E-state index is -0.0112. The first-order valence-electron chi connectivity index (χ1n) is 19.3. The molecule has 2 heterocycles. The second kappa shape index (κ2) is 10.7. The van der Waals surface area contributed by atoms with E-state index in [1.807, 2.05) is 23.1 Å². The molecule has 258 valence electrons. The van der Waals surface area contributed by atoms with Gasteiger partial charge in [0.05, 0.1) is 0 Å². The number of thiophene rings is 1. The van der Waals surface area contributed by atoms with Crippen LogP contribution < -0.4 is 0 Å². The van der Waals surface area contributed by atoms with Crippen molar-refractivity contribution in [1.82, 2.24) is 0 Å². The van der Waals surface area contributed by atoms with Crippen LogP contribution in [0.15, 0.2) is 149 Å². The Morgan fingerprint density at radius 1 is 0.481 bits per heavy atom. The van der Waals surface area contributed by atoms with Gasteiger partial charge in [0.1, 0.15) is 0 Å². The van der Waals surface area contributed by atoms with Crippen molar-refractivity contribution in [3.05, 3.63) is 161 Å². The van der Waals surface area contributed by atoms with E-state index in [-0.39, 0.29) is 10.8 Å². The summed E-state index contributed by atoms with van der Waals surface area (Å²) in [6, 6.07) is 47.0. The van der Waals surface area contributed by atoms with E-state index in [1.165, 1.54) is 113 Å². The van der Waals surface area contributed by atoms with Crippen LogP contribution in [0.1, 0.15) is 62.8 Å². The summed E-state index contributed by atoms with van der Waals surface area (Å²) in [6.45, 7) is 9.53. The third-order valence-electron chi connectivity index (χ3n) is 13.2. The molecule has 0 unspecified atom stereocenters. The van der Waals surface area contributed by atoms with Gasteiger partial charge >= 0.3 is 0 Å². The lowest BCUT2D eigenvalue weighted by atomic mass is 9.79. The van der Waals surface area contributed by atoms with Crippen molar-refractivity contribution in [1.29, 1.82) is 0 Å². The molecule has 0 atom stereocenters. The van der Waals surface area contributed by atoms with Crippen LogP contribution in [-0.4, -0.2) is 0 Å². The molecular weight excluding hydrogens is 689 g/mol. The van der Waals surface area contributed by atoms with Crippen LogP contribution in [0.3, 0.4) is 0 Å². The topological polar surface area (TPSA) is 0 Å². The normalized spacial score (nSPS) is 16.8. The molecular formula is C52H38S2. The van der Waals surface area contributed by atoms with Crippen molar-refractivity contribution < 1.29 is 0 Å². The molecule has 54 heavy (non-hydrogen) atoms. The van der Waals surface area contributed by atoms with E-state index in [4.69, 9.17) is 0 Å². The van der Waals surface area contributed by atoms with Crippen molar-refractivity contribution in [3.63, 3.8) is 0 Å². The first-order chi connectivity index (χ1) is 26.3. The summed E-state index contributed by atoms with van der Waals surface area (Å²) in [5.74, 6) is 0. The molecule has 12 rings (SSSR count). The van der Waals surface area contributed by atoms with Crippen LogP contribution in [-0.2, 0) is 10.8 Å². The fourth-order valence-corrected chi connectivity index (χ4v) is 12.8. The van der Waals surface area contributed by atoms with Gasteiger partial charge in [0, 0.05) is 46.2 Å². The maximum Gasteiger partial charge on any atom is 0.0368 e. The third kappa shape index (κ3) is 4.11. The Kier molecular flexibility index (Phi) is 6.22. The van der Waals surface area contributed by atoms with E-state index in [1.54, 1.807) is 5.57 Å². The number of allylic oxidation sites excluding steroid dienone is 4. The molecule has 2 heteroatoms. The molecule has 0 bridgehead atoms. The van der Waals surface area contributed by atoms with Gasteiger partial charge in [0.15, 0.2) is 0 Å². The number of hydrogen-bond donors (Lipinski definition) is 0. The Labute approximate surface area is 324 Å². The average molecular weight is 727 g/mol. The van der Waals surface area contributed by atoms with Crippen molar-refractivity contribution in [2.75, 3.05) is 0 Å². The van der Waals surface area contributed by atoms with Crippen LogP contribution in [0.2, 0.25) is 0 Å². The maximum atomic E-state index is 2.49. The van der Waals surface area contributed by atoms with E-state index in [9.17, 15) is 0 Å². The summed E-state index contributed by atoms with van der Waals surface area (Å²) in [4.78, 5) is 2.69. The zero-order chi connectivity index (χ0) is 36.1. The molecule has 1 aliphatic heterocycles. The standard InChI is InChI=1S/C52H38S2/c1-51(2)41-13-7-5-10-33(41)35-20-16-29(24-43(35)51)31-18-22-37-40-28-48-49(39-12-9-15-45(50(39)40)53-46(37)26-31)38-23-19-32(27-47(38)54-48)30-17-21-36-34-11-6-8-14-42(34)52(3,4)44(36)25-30/h5,7-10,12-28H,6,11H2,1-4H3. The van der Waals surface area contributed by atoms with E-state index in [2.05, 4.69) is 161 Å². The molecule has 0 radical (unpaired) electrons. The van der Waals surface area contributed by atoms with E-state index >= 15 is 0 Å². The summed E-state index contributed by atoms with van der Waals surface area (Å²) in [5, 5.41) is 5.51. The second-order valence-electron chi connectivity index (χ2n) is 16.8. The van der Waals surface area contributed by atoms with Gasteiger partial charge in [-0.25, -0.2) is 0 Å². The average Bonchev–Trinajstić information content (AvgIpc) is 3.76. The van der Waals surface area contributed by atoms with E-state index in [0.29, 0.717) is 0 Å². The summed E-state index contributed by atoms with van der Waals surface area (Å²) in [5.41, 5.74) is 19.5. The predicted octanol–water partition coefficient (Wildman–Crippen LogP) is 15.4. The van der Waals surface area contributed by atoms with Crippen molar-refractivity contribution in [3.8, 4) is 44.5 Å². The van der Waals surface area contributed by atoms with Gasteiger partial charge in [-0.3, -0.25) is 0 Å². The summed E-state index contributed by atoms with van der Waals surface area (Å²) in [6.07, 6.45) is 7.03. The number of rotatable bonds is 2. The lowest BCUT2D eigenvalue weighted by Gasteiger charge is -2.24. The van der Waals surface area contributed by atoms with Crippen molar-refractivity contribution in [2.45, 2.75) is 61.2 Å². The first-order valence-corrected chi connectivity index (χ1v) is 20.9. The number of benzene rings is 7. The Balaban J connectivity index is 0.957. The summed E-state index contributed by atoms with van der Waals surface area (Å²) >= 11 is 3.87. The fraction of sp³-hybridized carbons (Fsp3) is 0.154. The summed E-state index contributed by atoms with van der Waals surface area (Å²) in [7, 11) is 0. The molecule has 0 saturated carbocycles. The van der Waals surface area contributed by atoms with Gasteiger partial charge in [-0.15, -0.1) is 11.3 Å². The van der Waals surface area contributed by atoms with E-state index in [0.717, 1.165) is 12.8 Å². The highest BCUT2D eigenvalue weighted by Crippen LogP contribution is 2.55. The van der Waals surface area contributed by atoms with Crippen molar-refractivity contribution >= 4 is 59.6 Å². The predicted molar refractivity (Wildman–Crippen MR) is 233 cm³/mol. The number of hydrogen-bond acceptors (Lipinski definition) is 2. The SMILES string of the molecule is CC1(C)C2=C(CCC=C2)c2ccc(-c3ccc4c(c3)sc3cc5c6c(cccc6c34)Sc3cc(-c4ccc6c(c4)C(C)(C)c4ccccc4-6)ccc3-5)cc21. The lowest BCUT2D eigenvalue weighted by molar-refractivity contribution is 0.651. The maximum absolute atomic E-state index is 2.49. The van der Waals surface area contributed by atoms with Gasteiger partial charge in [0.25, 0.3) is 0 Å². The first kappa shape index (κ1) is 31.2. The molecule has 0 spiro atoms. The monoisotopic (exact) mass is 726 g/mol. The quantitative estimate of drug-likeness (QED) is 0.171. The minimum absolute atomic E-state index is 0.0112. The zero-order valence-corrected chi connectivity index (χ0v) is 32.6. The van der Waals surface area contributed by atoms with Crippen molar-refractivity contribution in [2.24, 2.45) is 0 Å². The molecule has 8 aromatic rings. The third-order valence-corrected chi connectivity index (χ3v) is 15.4. The van der Waals surface area contributed by atoms with Gasteiger partial charge in [0.2, 0.25) is 0 Å². The highest BCUT2D eigenvalue weighted by molar-refractivity contribution is 7.99. The molecule has 0 saturated heterocycles. The highest BCUT2D eigenvalue weighted by atomic mass is 32.2. The molecule has 7 aromatic carbocycles. The smallest absolute Gasteiger partial charge is 0.0368 e. The Hall–Kier alpha value is -5.15. The lowest BCUT2D eigenvalue weighted by Crippen LogP contribution is -2.16. The Bertz CT molecular complexity index is 3070. The molecule has 0 nitrogen and oxygen atoms in total.